The predicted octanol–water partition coefficient (Wildman–Crippen LogP) is 3.09. The molecule has 0 N–H and O–H groups in total. The Balaban J connectivity index is 1.41. The molecule has 0 atom stereocenters. The highest BCUT2D eigenvalue weighted by Gasteiger charge is 2.21. The van der Waals surface area contributed by atoms with Crippen molar-refractivity contribution >= 4 is 27.7 Å². The molecule has 0 aromatic heterocycles. The van der Waals surface area contributed by atoms with Gasteiger partial charge in [0.05, 0.1) is 11.9 Å². The summed E-state index contributed by atoms with van der Waals surface area (Å²) < 4.78 is 25.7. The molecule has 1 amide bonds. The lowest BCUT2D eigenvalue weighted by Gasteiger charge is -2.34. The standard InChI is InChI=1S/C24H31N3O3S/c1-31(29,30)27(23-13-6-3-7-14-23)17-9-15-24(28)26-20-18-25(19-21-26)16-8-12-22-10-4-2-5-11-22/h2-8,10-14H,9,15-21H2,1H3/b12-8+. The molecule has 0 bridgehead atoms. The maximum atomic E-state index is 12.6. The number of piperazine rings is 1. The van der Waals surface area contributed by atoms with Crippen LogP contribution >= 0.6 is 0 Å². The van der Waals surface area contributed by atoms with Crippen molar-refractivity contribution in [3.05, 3.63) is 72.3 Å². The Morgan fingerprint density at radius 2 is 1.58 bits per heavy atom. The molecule has 1 fully saturated rings. The van der Waals surface area contributed by atoms with Crippen LogP contribution in [0, 0.1) is 0 Å². The van der Waals surface area contributed by atoms with E-state index in [1.165, 1.54) is 16.1 Å². The minimum absolute atomic E-state index is 0.0981. The summed E-state index contributed by atoms with van der Waals surface area (Å²) in [5, 5.41) is 0. The summed E-state index contributed by atoms with van der Waals surface area (Å²) in [5.74, 6) is 0.0981. The number of amides is 1. The summed E-state index contributed by atoms with van der Waals surface area (Å²) >= 11 is 0. The second kappa shape index (κ2) is 11.1. The third-order valence-electron chi connectivity index (χ3n) is 5.39. The van der Waals surface area contributed by atoms with Gasteiger partial charge in [0.1, 0.15) is 0 Å². The first-order valence-electron chi connectivity index (χ1n) is 10.7. The number of hydrogen-bond acceptors (Lipinski definition) is 4. The van der Waals surface area contributed by atoms with Crippen LogP contribution in [0.25, 0.3) is 6.08 Å². The zero-order valence-corrected chi connectivity index (χ0v) is 18.9. The highest BCUT2D eigenvalue weighted by atomic mass is 32.2. The van der Waals surface area contributed by atoms with E-state index in [4.69, 9.17) is 0 Å². The van der Waals surface area contributed by atoms with Crippen LogP contribution in [0.4, 0.5) is 5.69 Å². The molecular weight excluding hydrogens is 410 g/mol. The van der Waals surface area contributed by atoms with Gasteiger partial charge in [-0.1, -0.05) is 60.7 Å². The second-order valence-corrected chi connectivity index (χ2v) is 9.68. The molecule has 1 heterocycles. The lowest BCUT2D eigenvalue weighted by molar-refractivity contribution is -0.132. The van der Waals surface area contributed by atoms with Crippen molar-refractivity contribution in [1.29, 1.82) is 0 Å². The molecule has 0 spiro atoms. The van der Waals surface area contributed by atoms with E-state index in [-0.39, 0.29) is 5.91 Å². The second-order valence-electron chi connectivity index (χ2n) is 7.77. The minimum Gasteiger partial charge on any atom is -0.340 e. The Hall–Kier alpha value is -2.64. The van der Waals surface area contributed by atoms with Crippen molar-refractivity contribution in [2.24, 2.45) is 0 Å². The van der Waals surface area contributed by atoms with Crippen molar-refractivity contribution in [3.8, 4) is 0 Å². The van der Waals surface area contributed by atoms with Crippen LogP contribution in [0.5, 0.6) is 0 Å². The lowest BCUT2D eigenvalue weighted by Crippen LogP contribution is -2.48. The summed E-state index contributed by atoms with van der Waals surface area (Å²) in [7, 11) is -3.38. The van der Waals surface area contributed by atoms with Crippen molar-refractivity contribution in [2.75, 3.05) is 49.8 Å². The Bertz CT molecular complexity index is 954. The zero-order valence-electron chi connectivity index (χ0n) is 18.1. The largest absolute Gasteiger partial charge is 0.340 e. The number of rotatable bonds is 9. The fourth-order valence-electron chi connectivity index (χ4n) is 3.69. The average Bonchev–Trinajstić information content (AvgIpc) is 2.77. The number of para-hydroxylation sites is 1. The summed E-state index contributed by atoms with van der Waals surface area (Å²) in [6.45, 7) is 4.31. The third-order valence-corrected chi connectivity index (χ3v) is 6.59. The van der Waals surface area contributed by atoms with Gasteiger partial charge in [0.25, 0.3) is 0 Å². The van der Waals surface area contributed by atoms with Gasteiger partial charge in [0.15, 0.2) is 0 Å². The quantitative estimate of drug-likeness (QED) is 0.600. The maximum absolute atomic E-state index is 12.6. The summed E-state index contributed by atoms with van der Waals surface area (Å²) in [4.78, 5) is 16.8. The van der Waals surface area contributed by atoms with Gasteiger partial charge < -0.3 is 4.90 Å². The number of benzene rings is 2. The van der Waals surface area contributed by atoms with Crippen LogP contribution in [-0.2, 0) is 14.8 Å². The van der Waals surface area contributed by atoms with E-state index in [0.717, 1.165) is 19.6 Å². The monoisotopic (exact) mass is 441 g/mol. The molecule has 6 nitrogen and oxygen atoms in total. The van der Waals surface area contributed by atoms with Gasteiger partial charge in [0, 0.05) is 45.7 Å². The smallest absolute Gasteiger partial charge is 0.232 e. The normalized spacial score (nSPS) is 15.3. The number of carbonyl (C=O) groups is 1. The molecule has 2 aromatic rings. The molecule has 1 saturated heterocycles. The van der Waals surface area contributed by atoms with Crippen LogP contribution in [0.2, 0.25) is 0 Å². The molecule has 0 saturated carbocycles. The lowest BCUT2D eigenvalue weighted by atomic mass is 10.2. The fraction of sp³-hybridized carbons (Fsp3) is 0.375. The van der Waals surface area contributed by atoms with Gasteiger partial charge in [-0.05, 0) is 24.1 Å². The van der Waals surface area contributed by atoms with E-state index >= 15 is 0 Å². The van der Waals surface area contributed by atoms with Crippen LogP contribution < -0.4 is 4.31 Å². The van der Waals surface area contributed by atoms with Crippen molar-refractivity contribution in [3.63, 3.8) is 0 Å². The third kappa shape index (κ3) is 7.22. The van der Waals surface area contributed by atoms with Crippen LogP contribution in [0.3, 0.4) is 0 Å². The Labute approximate surface area is 185 Å². The molecule has 1 aliphatic rings. The molecule has 0 aliphatic carbocycles. The Kier molecular flexibility index (Phi) is 8.26. The van der Waals surface area contributed by atoms with Gasteiger partial charge in [-0.15, -0.1) is 0 Å². The number of sulfonamides is 1. The summed E-state index contributed by atoms with van der Waals surface area (Å²) in [5.41, 5.74) is 1.82. The van der Waals surface area contributed by atoms with Gasteiger partial charge in [-0.2, -0.15) is 0 Å². The van der Waals surface area contributed by atoms with E-state index < -0.39 is 10.0 Å². The SMILES string of the molecule is CS(=O)(=O)N(CCCC(=O)N1CCN(C/C=C/c2ccccc2)CC1)c1ccccc1. The van der Waals surface area contributed by atoms with Crippen molar-refractivity contribution in [1.82, 2.24) is 9.80 Å². The van der Waals surface area contributed by atoms with Crippen molar-refractivity contribution in [2.45, 2.75) is 12.8 Å². The first kappa shape index (κ1) is 23.0. The highest BCUT2D eigenvalue weighted by molar-refractivity contribution is 7.92. The number of nitrogens with zero attached hydrogens (tertiary/aromatic N) is 3. The van der Waals surface area contributed by atoms with E-state index in [9.17, 15) is 13.2 Å². The zero-order chi connectivity index (χ0) is 22.1. The fourth-order valence-corrected chi connectivity index (χ4v) is 4.66. The van der Waals surface area contributed by atoms with Crippen molar-refractivity contribution < 1.29 is 13.2 Å². The molecule has 7 heteroatoms. The van der Waals surface area contributed by atoms with E-state index in [1.807, 2.05) is 41.3 Å². The Morgan fingerprint density at radius 1 is 0.968 bits per heavy atom. The number of carbonyl (C=O) groups excluding carboxylic acids is 1. The van der Waals surface area contributed by atoms with E-state index in [1.54, 1.807) is 12.1 Å². The first-order chi connectivity index (χ1) is 14.9. The van der Waals surface area contributed by atoms with Crippen LogP contribution in [0.15, 0.2) is 66.7 Å². The molecule has 3 rings (SSSR count). The molecule has 31 heavy (non-hydrogen) atoms. The van der Waals surface area contributed by atoms with E-state index in [2.05, 4.69) is 29.2 Å². The summed E-state index contributed by atoms with van der Waals surface area (Å²) in [6.07, 6.45) is 6.34. The topological polar surface area (TPSA) is 60.9 Å². The molecule has 0 radical (unpaired) electrons. The molecule has 2 aromatic carbocycles. The van der Waals surface area contributed by atoms with Gasteiger partial charge >= 0.3 is 0 Å². The van der Waals surface area contributed by atoms with Crippen LogP contribution in [-0.4, -0.2) is 69.6 Å². The Morgan fingerprint density at radius 3 is 2.19 bits per heavy atom. The van der Waals surface area contributed by atoms with Gasteiger partial charge in [-0.3, -0.25) is 14.0 Å². The minimum atomic E-state index is -3.38. The molecule has 0 unspecified atom stereocenters. The van der Waals surface area contributed by atoms with E-state index in [0.29, 0.717) is 38.2 Å². The highest BCUT2D eigenvalue weighted by Crippen LogP contribution is 2.18. The summed E-state index contributed by atoms with van der Waals surface area (Å²) in [6, 6.07) is 19.2. The molecular formula is C24H31N3O3S. The van der Waals surface area contributed by atoms with Gasteiger partial charge in [-0.25, -0.2) is 8.42 Å². The average molecular weight is 442 g/mol. The molecule has 1 aliphatic heterocycles. The van der Waals surface area contributed by atoms with Crippen LogP contribution in [0.1, 0.15) is 18.4 Å². The number of hydrogen-bond donors (Lipinski definition) is 0. The maximum Gasteiger partial charge on any atom is 0.232 e. The molecule has 166 valence electrons. The number of anilines is 1. The first-order valence-corrected chi connectivity index (χ1v) is 12.5. The predicted molar refractivity (Wildman–Crippen MR) is 126 cm³/mol. The van der Waals surface area contributed by atoms with Gasteiger partial charge in [0.2, 0.25) is 15.9 Å².